The minimum atomic E-state index is 0.604. The minimum Gasteiger partial charge on any atom is -0.381 e. The molecule has 0 saturated heterocycles. The van der Waals surface area contributed by atoms with Gasteiger partial charge < -0.3 is 5.32 Å². The average Bonchev–Trinajstić information content (AvgIpc) is 2.22. The van der Waals surface area contributed by atoms with Crippen LogP contribution in [-0.4, -0.2) is 11.0 Å². The van der Waals surface area contributed by atoms with Gasteiger partial charge in [0.15, 0.2) is 0 Å². The van der Waals surface area contributed by atoms with Crippen LogP contribution in [0.2, 0.25) is 0 Å². The number of nitrogens with zero attached hydrogens (tertiary/aromatic N) is 1. The molecule has 0 spiro atoms. The second-order valence-corrected chi connectivity index (χ2v) is 5.95. The van der Waals surface area contributed by atoms with Crippen LogP contribution < -0.4 is 5.32 Å². The highest BCUT2D eigenvalue weighted by Gasteiger charge is 2.24. The molecule has 0 aliphatic heterocycles. The number of hydrogen-bond donors (Lipinski definition) is 1. The van der Waals surface area contributed by atoms with Crippen molar-refractivity contribution >= 4 is 21.6 Å². The molecule has 3 heteroatoms. The second kappa shape index (κ2) is 5.17. The van der Waals surface area contributed by atoms with Gasteiger partial charge in [-0.15, -0.1) is 0 Å². The van der Waals surface area contributed by atoms with Gasteiger partial charge in [0.25, 0.3) is 0 Å². The van der Waals surface area contributed by atoms with Gasteiger partial charge in [-0.3, -0.25) is 4.98 Å². The van der Waals surface area contributed by atoms with Crippen LogP contribution in [0, 0.1) is 11.8 Å². The number of rotatable bonds is 2. The van der Waals surface area contributed by atoms with Gasteiger partial charge in [-0.25, -0.2) is 0 Å². The summed E-state index contributed by atoms with van der Waals surface area (Å²) in [7, 11) is 0. The maximum Gasteiger partial charge on any atom is 0.0540 e. The first-order chi connectivity index (χ1) is 7.65. The summed E-state index contributed by atoms with van der Waals surface area (Å²) in [6, 6.07) is 2.70. The fourth-order valence-corrected chi connectivity index (χ4v) is 2.95. The van der Waals surface area contributed by atoms with E-state index in [2.05, 4.69) is 46.1 Å². The van der Waals surface area contributed by atoms with Gasteiger partial charge >= 0.3 is 0 Å². The molecule has 1 aliphatic rings. The van der Waals surface area contributed by atoms with E-state index in [9.17, 15) is 0 Å². The van der Waals surface area contributed by atoms with E-state index < -0.39 is 0 Å². The highest BCUT2D eigenvalue weighted by molar-refractivity contribution is 9.10. The lowest BCUT2D eigenvalue weighted by molar-refractivity contribution is 0.276. The number of aromatic nitrogens is 1. The molecular formula is C13H19BrN2. The zero-order chi connectivity index (χ0) is 11.5. The summed E-state index contributed by atoms with van der Waals surface area (Å²) in [5.74, 6) is 1.64. The molecule has 1 saturated carbocycles. The Morgan fingerprint density at radius 3 is 2.81 bits per heavy atom. The maximum absolute atomic E-state index is 4.18. The predicted molar refractivity (Wildman–Crippen MR) is 71.5 cm³/mol. The zero-order valence-electron chi connectivity index (χ0n) is 9.91. The molecule has 16 heavy (non-hydrogen) atoms. The smallest absolute Gasteiger partial charge is 0.0540 e. The van der Waals surface area contributed by atoms with Gasteiger partial charge in [0.1, 0.15) is 0 Å². The number of halogens is 1. The van der Waals surface area contributed by atoms with Crippen molar-refractivity contribution in [2.24, 2.45) is 11.8 Å². The topological polar surface area (TPSA) is 24.9 Å². The molecule has 2 rings (SSSR count). The summed E-state index contributed by atoms with van der Waals surface area (Å²) in [5.41, 5.74) is 1.13. The third-order valence-electron chi connectivity index (χ3n) is 3.49. The van der Waals surface area contributed by atoms with E-state index in [1.54, 1.807) is 0 Å². The summed E-state index contributed by atoms with van der Waals surface area (Å²) >= 11 is 3.45. The molecule has 1 aromatic rings. The molecule has 1 aromatic heterocycles. The van der Waals surface area contributed by atoms with E-state index in [1.807, 2.05) is 12.4 Å². The van der Waals surface area contributed by atoms with E-state index in [1.165, 1.54) is 19.3 Å². The number of anilines is 1. The number of hydrogen-bond acceptors (Lipinski definition) is 2. The van der Waals surface area contributed by atoms with Crippen molar-refractivity contribution in [3.63, 3.8) is 0 Å². The van der Waals surface area contributed by atoms with Crippen LogP contribution in [0.4, 0.5) is 5.69 Å². The molecular weight excluding hydrogens is 264 g/mol. The highest BCUT2D eigenvalue weighted by Crippen LogP contribution is 2.30. The second-order valence-electron chi connectivity index (χ2n) is 5.04. The van der Waals surface area contributed by atoms with Crippen molar-refractivity contribution in [1.29, 1.82) is 0 Å². The normalized spacial score (nSPS) is 30.1. The van der Waals surface area contributed by atoms with Crippen LogP contribution in [0.15, 0.2) is 22.9 Å². The molecule has 1 aliphatic carbocycles. The monoisotopic (exact) mass is 282 g/mol. The Balaban J connectivity index is 1.99. The maximum atomic E-state index is 4.18. The van der Waals surface area contributed by atoms with Crippen LogP contribution in [0.25, 0.3) is 0 Å². The molecule has 0 bridgehead atoms. The van der Waals surface area contributed by atoms with Gasteiger partial charge in [0, 0.05) is 16.7 Å². The molecule has 1 heterocycles. The fraction of sp³-hybridized carbons (Fsp3) is 0.615. The SMILES string of the molecule is CC1CCC(Nc2cncc(Br)c2)C(C)C1. The molecule has 0 radical (unpaired) electrons. The predicted octanol–water partition coefficient (Wildman–Crippen LogP) is 4.08. The van der Waals surface area contributed by atoms with Crippen molar-refractivity contribution in [3.05, 3.63) is 22.9 Å². The largest absolute Gasteiger partial charge is 0.381 e. The van der Waals surface area contributed by atoms with Gasteiger partial charge in [0.2, 0.25) is 0 Å². The molecule has 0 amide bonds. The Labute approximate surface area is 106 Å². The third kappa shape index (κ3) is 2.97. The lowest BCUT2D eigenvalue weighted by Gasteiger charge is -2.33. The van der Waals surface area contributed by atoms with Gasteiger partial charge in [-0.05, 0) is 53.1 Å². The van der Waals surface area contributed by atoms with Crippen molar-refractivity contribution in [2.75, 3.05) is 5.32 Å². The van der Waals surface area contributed by atoms with Crippen LogP contribution in [0.3, 0.4) is 0 Å². The van der Waals surface area contributed by atoms with E-state index in [0.29, 0.717) is 6.04 Å². The molecule has 2 nitrogen and oxygen atoms in total. The first kappa shape index (κ1) is 11.9. The van der Waals surface area contributed by atoms with Crippen LogP contribution in [0.5, 0.6) is 0 Å². The third-order valence-corrected chi connectivity index (χ3v) is 3.92. The summed E-state index contributed by atoms with van der Waals surface area (Å²) < 4.78 is 1.04. The van der Waals surface area contributed by atoms with Gasteiger partial charge in [-0.1, -0.05) is 13.8 Å². The van der Waals surface area contributed by atoms with E-state index in [4.69, 9.17) is 0 Å². The lowest BCUT2D eigenvalue weighted by atomic mass is 9.80. The van der Waals surface area contributed by atoms with Crippen molar-refractivity contribution in [3.8, 4) is 0 Å². The molecule has 1 N–H and O–H groups in total. The zero-order valence-corrected chi connectivity index (χ0v) is 11.5. The summed E-state index contributed by atoms with van der Waals surface area (Å²) in [4.78, 5) is 4.18. The molecule has 0 aromatic carbocycles. The first-order valence-corrected chi connectivity index (χ1v) is 6.81. The molecule has 1 fully saturated rings. The Morgan fingerprint density at radius 2 is 2.12 bits per heavy atom. The van der Waals surface area contributed by atoms with Crippen molar-refractivity contribution in [2.45, 2.75) is 39.2 Å². The molecule has 3 unspecified atom stereocenters. The summed E-state index contributed by atoms with van der Waals surface area (Å²) in [6.45, 7) is 4.70. The quantitative estimate of drug-likeness (QED) is 0.884. The summed E-state index contributed by atoms with van der Waals surface area (Å²) in [6.07, 6.45) is 7.66. The molecule has 3 atom stereocenters. The van der Waals surface area contributed by atoms with Gasteiger partial charge in [0.05, 0.1) is 11.9 Å². The molecule has 88 valence electrons. The number of pyridine rings is 1. The Kier molecular flexibility index (Phi) is 3.85. The highest BCUT2D eigenvalue weighted by atomic mass is 79.9. The van der Waals surface area contributed by atoms with Crippen LogP contribution in [0.1, 0.15) is 33.1 Å². The van der Waals surface area contributed by atoms with Crippen LogP contribution in [-0.2, 0) is 0 Å². The Bertz CT molecular complexity index is 354. The van der Waals surface area contributed by atoms with E-state index in [-0.39, 0.29) is 0 Å². The van der Waals surface area contributed by atoms with Gasteiger partial charge in [-0.2, -0.15) is 0 Å². The van der Waals surface area contributed by atoms with E-state index in [0.717, 1.165) is 22.0 Å². The first-order valence-electron chi connectivity index (χ1n) is 6.02. The Hall–Kier alpha value is -0.570. The Morgan fingerprint density at radius 1 is 1.31 bits per heavy atom. The average molecular weight is 283 g/mol. The van der Waals surface area contributed by atoms with Crippen molar-refractivity contribution < 1.29 is 0 Å². The van der Waals surface area contributed by atoms with Crippen LogP contribution >= 0.6 is 15.9 Å². The van der Waals surface area contributed by atoms with E-state index >= 15 is 0 Å². The van der Waals surface area contributed by atoms with Crippen molar-refractivity contribution in [1.82, 2.24) is 4.98 Å². The fourth-order valence-electron chi connectivity index (χ4n) is 2.58. The minimum absolute atomic E-state index is 0.604. The summed E-state index contributed by atoms with van der Waals surface area (Å²) in [5, 5.41) is 3.60. The lowest BCUT2D eigenvalue weighted by Crippen LogP contribution is -2.33. The number of nitrogens with one attached hydrogen (secondary N) is 1. The standard InChI is InChI=1S/C13H19BrN2/c1-9-3-4-13(10(2)5-9)16-12-6-11(14)7-15-8-12/h6-10,13,16H,3-5H2,1-2H3.